The first-order valence-electron chi connectivity index (χ1n) is 7.46. The van der Waals surface area contributed by atoms with Gasteiger partial charge in [-0.1, -0.05) is 6.92 Å². The van der Waals surface area contributed by atoms with E-state index in [4.69, 9.17) is 0 Å². The fourth-order valence-corrected chi connectivity index (χ4v) is 3.08. The number of amides is 1. The van der Waals surface area contributed by atoms with Crippen LogP contribution in [0.25, 0.3) is 10.9 Å². The van der Waals surface area contributed by atoms with Crippen LogP contribution >= 0.6 is 0 Å². The Labute approximate surface area is 132 Å². The van der Waals surface area contributed by atoms with Crippen LogP contribution in [0, 0.1) is 24.6 Å². The number of aryl methyl sites for hydroxylation is 1. The quantitative estimate of drug-likeness (QED) is 0.924. The first-order valence-corrected chi connectivity index (χ1v) is 7.46. The van der Waals surface area contributed by atoms with Gasteiger partial charge in [0, 0.05) is 24.5 Å². The van der Waals surface area contributed by atoms with Gasteiger partial charge in [0.25, 0.3) is 5.91 Å². The van der Waals surface area contributed by atoms with Crippen LogP contribution in [0.3, 0.4) is 0 Å². The van der Waals surface area contributed by atoms with Crippen LogP contribution in [0.5, 0.6) is 0 Å². The number of fused-ring (bicyclic) bond motifs is 1. The monoisotopic (exact) mass is 316 g/mol. The van der Waals surface area contributed by atoms with Crippen molar-refractivity contribution in [2.24, 2.45) is 11.8 Å². The standard InChI is InChI=1S/C17H17FN2O3/c1-9-7-20(8-14(9)17(22)23)16(21)13-5-11-3-4-12(18)6-15(11)19-10(13)2/h3-6,9,14H,7-8H2,1-2H3,(H,22,23)/t9-,14-/m1/s1. The van der Waals surface area contributed by atoms with E-state index in [0.29, 0.717) is 28.7 Å². The van der Waals surface area contributed by atoms with E-state index < -0.39 is 11.9 Å². The number of halogens is 1. The third-order valence-corrected chi connectivity index (χ3v) is 4.42. The molecule has 0 aliphatic carbocycles. The molecule has 1 saturated heterocycles. The van der Waals surface area contributed by atoms with E-state index in [1.807, 2.05) is 6.92 Å². The van der Waals surface area contributed by atoms with E-state index >= 15 is 0 Å². The van der Waals surface area contributed by atoms with Gasteiger partial charge in [-0.05, 0) is 31.0 Å². The summed E-state index contributed by atoms with van der Waals surface area (Å²) in [6.07, 6.45) is 0. The molecule has 1 fully saturated rings. The van der Waals surface area contributed by atoms with E-state index in [9.17, 15) is 19.1 Å². The van der Waals surface area contributed by atoms with E-state index in [2.05, 4.69) is 4.98 Å². The number of carbonyl (C=O) groups is 2. The molecular weight excluding hydrogens is 299 g/mol. The molecule has 1 aromatic carbocycles. The number of carbonyl (C=O) groups excluding carboxylic acids is 1. The Morgan fingerprint density at radius 1 is 1.30 bits per heavy atom. The average Bonchev–Trinajstić information content (AvgIpc) is 2.88. The highest BCUT2D eigenvalue weighted by atomic mass is 19.1. The number of pyridine rings is 1. The summed E-state index contributed by atoms with van der Waals surface area (Å²) in [6.45, 7) is 4.15. The van der Waals surface area contributed by atoms with Gasteiger partial charge in [-0.3, -0.25) is 14.6 Å². The molecule has 1 N–H and O–H groups in total. The highest BCUT2D eigenvalue weighted by molar-refractivity contribution is 5.99. The minimum Gasteiger partial charge on any atom is -0.481 e. The van der Waals surface area contributed by atoms with Crippen molar-refractivity contribution in [3.05, 3.63) is 41.3 Å². The van der Waals surface area contributed by atoms with Gasteiger partial charge in [0.2, 0.25) is 0 Å². The SMILES string of the molecule is Cc1nc2cc(F)ccc2cc1C(=O)N1C[C@@H](C)[C@H](C(=O)O)C1. The van der Waals surface area contributed by atoms with Gasteiger partial charge < -0.3 is 10.0 Å². The Morgan fingerprint density at radius 2 is 2.04 bits per heavy atom. The van der Waals surface area contributed by atoms with E-state index in [-0.39, 0.29) is 24.2 Å². The number of hydrogen-bond donors (Lipinski definition) is 1. The average molecular weight is 316 g/mol. The third kappa shape index (κ3) is 2.76. The van der Waals surface area contributed by atoms with Crippen molar-refractivity contribution in [2.75, 3.05) is 13.1 Å². The van der Waals surface area contributed by atoms with Crippen LogP contribution in [0.15, 0.2) is 24.3 Å². The second-order valence-corrected chi connectivity index (χ2v) is 6.09. The maximum atomic E-state index is 13.3. The van der Waals surface area contributed by atoms with Crippen LogP contribution in [-0.2, 0) is 4.79 Å². The number of aliphatic carboxylic acids is 1. The maximum Gasteiger partial charge on any atom is 0.308 e. The predicted octanol–water partition coefficient (Wildman–Crippen LogP) is 2.48. The van der Waals surface area contributed by atoms with E-state index in [1.54, 1.807) is 24.0 Å². The van der Waals surface area contributed by atoms with Gasteiger partial charge in [0.05, 0.1) is 22.7 Å². The molecular formula is C17H17FN2O3. The molecule has 1 aliphatic rings. The summed E-state index contributed by atoms with van der Waals surface area (Å²) < 4.78 is 13.3. The van der Waals surface area contributed by atoms with Gasteiger partial charge in [-0.25, -0.2) is 4.39 Å². The Kier molecular flexibility index (Phi) is 3.75. The lowest BCUT2D eigenvalue weighted by molar-refractivity contribution is -0.142. The first kappa shape index (κ1) is 15.4. The van der Waals surface area contributed by atoms with Crippen molar-refractivity contribution < 1.29 is 19.1 Å². The number of hydrogen-bond acceptors (Lipinski definition) is 3. The smallest absolute Gasteiger partial charge is 0.308 e. The van der Waals surface area contributed by atoms with Gasteiger partial charge in [0.15, 0.2) is 0 Å². The van der Waals surface area contributed by atoms with Gasteiger partial charge in [-0.2, -0.15) is 0 Å². The summed E-state index contributed by atoms with van der Waals surface area (Å²) in [6, 6.07) is 5.93. The topological polar surface area (TPSA) is 70.5 Å². The number of likely N-dealkylation sites (tertiary alicyclic amines) is 1. The molecule has 23 heavy (non-hydrogen) atoms. The summed E-state index contributed by atoms with van der Waals surface area (Å²) in [5.41, 5.74) is 1.44. The van der Waals surface area contributed by atoms with Crippen LogP contribution in [0.2, 0.25) is 0 Å². The van der Waals surface area contributed by atoms with Crippen molar-refractivity contribution in [1.82, 2.24) is 9.88 Å². The lowest BCUT2D eigenvalue weighted by Gasteiger charge is -2.17. The number of carboxylic acids is 1. The first-order chi connectivity index (χ1) is 10.9. The second kappa shape index (κ2) is 5.61. The molecule has 0 unspecified atom stereocenters. The van der Waals surface area contributed by atoms with E-state index in [1.165, 1.54) is 12.1 Å². The zero-order chi connectivity index (χ0) is 16.7. The van der Waals surface area contributed by atoms with Crippen LogP contribution in [0.4, 0.5) is 4.39 Å². The molecule has 1 amide bonds. The highest BCUT2D eigenvalue weighted by Crippen LogP contribution is 2.26. The molecule has 120 valence electrons. The normalized spacial score (nSPS) is 20.9. The number of benzene rings is 1. The highest BCUT2D eigenvalue weighted by Gasteiger charge is 2.37. The molecule has 0 spiro atoms. The molecule has 5 nitrogen and oxygen atoms in total. The molecule has 1 aromatic heterocycles. The molecule has 0 radical (unpaired) electrons. The minimum atomic E-state index is -0.878. The summed E-state index contributed by atoms with van der Waals surface area (Å²) >= 11 is 0. The third-order valence-electron chi connectivity index (χ3n) is 4.42. The lowest BCUT2D eigenvalue weighted by atomic mass is 9.99. The Balaban J connectivity index is 1.94. The van der Waals surface area contributed by atoms with Crippen LogP contribution in [0.1, 0.15) is 23.0 Å². The predicted molar refractivity (Wildman–Crippen MR) is 82.6 cm³/mol. The fraction of sp³-hybridized carbons (Fsp3) is 0.353. The van der Waals surface area contributed by atoms with Crippen molar-refractivity contribution in [2.45, 2.75) is 13.8 Å². The summed E-state index contributed by atoms with van der Waals surface area (Å²) in [4.78, 5) is 29.8. The van der Waals surface area contributed by atoms with Crippen molar-refractivity contribution in [1.29, 1.82) is 0 Å². The molecule has 6 heteroatoms. The van der Waals surface area contributed by atoms with Crippen LogP contribution in [-0.4, -0.2) is 40.0 Å². The zero-order valence-electron chi connectivity index (χ0n) is 12.9. The molecule has 2 atom stereocenters. The van der Waals surface area contributed by atoms with Crippen LogP contribution < -0.4 is 0 Å². The molecule has 2 aromatic rings. The lowest BCUT2D eigenvalue weighted by Crippen LogP contribution is -2.30. The van der Waals surface area contributed by atoms with Gasteiger partial charge in [-0.15, -0.1) is 0 Å². The summed E-state index contributed by atoms with van der Waals surface area (Å²) in [7, 11) is 0. The zero-order valence-corrected chi connectivity index (χ0v) is 12.9. The van der Waals surface area contributed by atoms with Gasteiger partial charge >= 0.3 is 5.97 Å². The van der Waals surface area contributed by atoms with E-state index in [0.717, 1.165) is 0 Å². The Bertz CT molecular complexity index is 806. The number of aromatic nitrogens is 1. The van der Waals surface area contributed by atoms with Crippen molar-refractivity contribution in [3.63, 3.8) is 0 Å². The Morgan fingerprint density at radius 3 is 2.70 bits per heavy atom. The molecule has 0 saturated carbocycles. The summed E-state index contributed by atoms with van der Waals surface area (Å²) in [5, 5.41) is 9.87. The molecule has 2 heterocycles. The summed E-state index contributed by atoms with van der Waals surface area (Å²) in [5.74, 6) is -2.10. The number of nitrogens with zero attached hydrogens (tertiary/aromatic N) is 2. The number of rotatable bonds is 2. The number of carboxylic acid groups (broad SMARTS) is 1. The van der Waals surface area contributed by atoms with Crippen molar-refractivity contribution in [3.8, 4) is 0 Å². The second-order valence-electron chi connectivity index (χ2n) is 6.09. The van der Waals surface area contributed by atoms with Crippen molar-refractivity contribution >= 4 is 22.8 Å². The Hall–Kier alpha value is -2.50. The maximum absolute atomic E-state index is 13.3. The largest absolute Gasteiger partial charge is 0.481 e. The molecule has 1 aliphatic heterocycles. The fourth-order valence-electron chi connectivity index (χ4n) is 3.08. The van der Waals surface area contributed by atoms with Gasteiger partial charge in [0.1, 0.15) is 5.82 Å². The minimum absolute atomic E-state index is 0.0840. The molecule has 0 bridgehead atoms. The molecule has 3 rings (SSSR count).